The van der Waals surface area contributed by atoms with E-state index in [0.29, 0.717) is 6.54 Å². The molecule has 4 heteroatoms. The zero-order valence-electron chi connectivity index (χ0n) is 10.3. The van der Waals surface area contributed by atoms with E-state index in [9.17, 15) is 4.79 Å². The number of piperidine rings is 1. The quantitative estimate of drug-likeness (QED) is 0.583. The smallest absolute Gasteiger partial charge is 0.227 e. The third kappa shape index (κ3) is 3.46. The standard InChI is InChI=1S/C12H25N3O/c1-2-12(6-5-8-14-10-12)11(16)15-9-4-3-7-13/h14H,2-10,13H2,1H3,(H,15,16). The molecule has 94 valence electrons. The molecule has 1 unspecified atom stereocenters. The van der Waals surface area contributed by atoms with Crippen LogP contribution in [0.3, 0.4) is 0 Å². The summed E-state index contributed by atoms with van der Waals surface area (Å²) < 4.78 is 0. The Labute approximate surface area is 98.3 Å². The Balaban J connectivity index is 2.36. The number of hydrogen-bond donors (Lipinski definition) is 3. The van der Waals surface area contributed by atoms with Gasteiger partial charge in [0.25, 0.3) is 0 Å². The summed E-state index contributed by atoms with van der Waals surface area (Å²) >= 11 is 0. The zero-order valence-corrected chi connectivity index (χ0v) is 10.3. The van der Waals surface area contributed by atoms with Gasteiger partial charge in [0.05, 0.1) is 5.41 Å². The van der Waals surface area contributed by atoms with Crippen LogP contribution in [-0.4, -0.2) is 32.1 Å². The van der Waals surface area contributed by atoms with E-state index in [4.69, 9.17) is 5.73 Å². The van der Waals surface area contributed by atoms with Crippen molar-refractivity contribution >= 4 is 5.91 Å². The Morgan fingerprint density at radius 2 is 2.31 bits per heavy atom. The van der Waals surface area contributed by atoms with E-state index in [1.807, 2.05) is 0 Å². The Morgan fingerprint density at radius 1 is 1.50 bits per heavy atom. The molecule has 0 aromatic heterocycles. The lowest BCUT2D eigenvalue weighted by molar-refractivity contribution is -0.132. The molecule has 4 N–H and O–H groups in total. The fourth-order valence-electron chi connectivity index (χ4n) is 2.28. The molecule has 1 amide bonds. The maximum absolute atomic E-state index is 12.1. The summed E-state index contributed by atoms with van der Waals surface area (Å²) in [4.78, 5) is 12.1. The highest BCUT2D eigenvalue weighted by molar-refractivity contribution is 5.82. The van der Waals surface area contributed by atoms with E-state index in [1.54, 1.807) is 0 Å². The summed E-state index contributed by atoms with van der Waals surface area (Å²) in [6.45, 7) is 5.44. The highest BCUT2D eigenvalue weighted by atomic mass is 16.2. The molecular formula is C12H25N3O. The predicted octanol–water partition coefficient (Wildman–Crippen LogP) is 0.621. The molecule has 1 heterocycles. The largest absolute Gasteiger partial charge is 0.356 e. The lowest BCUT2D eigenvalue weighted by atomic mass is 9.77. The van der Waals surface area contributed by atoms with Gasteiger partial charge in [-0.1, -0.05) is 6.92 Å². The van der Waals surface area contributed by atoms with Gasteiger partial charge >= 0.3 is 0 Å². The second-order valence-corrected chi connectivity index (χ2v) is 4.67. The summed E-state index contributed by atoms with van der Waals surface area (Å²) in [6.07, 6.45) is 5.00. The number of carbonyl (C=O) groups is 1. The third-order valence-electron chi connectivity index (χ3n) is 3.55. The van der Waals surface area contributed by atoms with Crippen LogP contribution in [-0.2, 0) is 4.79 Å². The number of rotatable bonds is 6. The summed E-state index contributed by atoms with van der Waals surface area (Å²) in [6, 6.07) is 0. The predicted molar refractivity (Wildman–Crippen MR) is 66.1 cm³/mol. The van der Waals surface area contributed by atoms with Crippen molar-refractivity contribution < 1.29 is 4.79 Å². The molecule has 1 atom stereocenters. The van der Waals surface area contributed by atoms with E-state index in [2.05, 4.69) is 17.6 Å². The van der Waals surface area contributed by atoms with Crippen molar-refractivity contribution in [2.24, 2.45) is 11.1 Å². The number of amides is 1. The maximum atomic E-state index is 12.1. The first kappa shape index (κ1) is 13.5. The summed E-state index contributed by atoms with van der Waals surface area (Å²) in [7, 11) is 0. The summed E-state index contributed by atoms with van der Waals surface area (Å²) in [5.74, 6) is 0.222. The van der Waals surface area contributed by atoms with Gasteiger partial charge in [-0.05, 0) is 45.2 Å². The minimum atomic E-state index is -0.166. The van der Waals surface area contributed by atoms with Crippen molar-refractivity contribution in [3.05, 3.63) is 0 Å². The van der Waals surface area contributed by atoms with E-state index >= 15 is 0 Å². The van der Waals surface area contributed by atoms with Gasteiger partial charge in [0, 0.05) is 13.1 Å². The van der Waals surface area contributed by atoms with Gasteiger partial charge in [-0.25, -0.2) is 0 Å². The normalized spacial score (nSPS) is 25.4. The average Bonchev–Trinajstić information content (AvgIpc) is 2.35. The van der Waals surface area contributed by atoms with Crippen LogP contribution >= 0.6 is 0 Å². The molecule has 0 aromatic rings. The number of unbranched alkanes of at least 4 members (excludes halogenated alkanes) is 1. The fraction of sp³-hybridized carbons (Fsp3) is 0.917. The minimum absolute atomic E-state index is 0.166. The highest BCUT2D eigenvalue weighted by Crippen LogP contribution is 2.30. The Morgan fingerprint density at radius 3 is 2.88 bits per heavy atom. The van der Waals surface area contributed by atoms with Gasteiger partial charge in [0.1, 0.15) is 0 Å². The molecule has 1 aliphatic rings. The molecular weight excluding hydrogens is 202 g/mol. The number of nitrogens with two attached hydrogens (primary N) is 1. The molecule has 0 saturated carbocycles. The van der Waals surface area contributed by atoms with Crippen LogP contribution in [0.15, 0.2) is 0 Å². The maximum Gasteiger partial charge on any atom is 0.227 e. The average molecular weight is 227 g/mol. The van der Waals surface area contributed by atoms with Crippen LogP contribution in [0.1, 0.15) is 39.0 Å². The van der Waals surface area contributed by atoms with Gasteiger partial charge in [0.2, 0.25) is 5.91 Å². The Hall–Kier alpha value is -0.610. The van der Waals surface area contributed by atoms with Crippen molar-refractivity contribution in [1.29, 1.82) is 0 Å². The molecule has 0 spiro atoms. The van der Waals surface area contributed by atoms with Crippen molar-refractivity contribution in [2.75, 3.05) is 26.2 Å². The van der Waals surface area contributed by atoms with Crippen LogP contribution in [0.25, 0.3) is 0 Å². The summed E-state index contributed by atoms with van der Waals surface area (Å²) in [5, 5.41) is 6.37. The lowest BCUT2D eigenvalue weighted by Crippen LogP contribution is -2.50. The molecule has 0 aromatic carbocycles. The lowest BCUT2D eigenvalue weighted by Gasteiger charge is -2.35. The van der Waals surface area contributed by atoms with Crippen LogP contribution in [0, 0.1) is 5.41 Å². The molecule has 1 saturated heterocycles. The van der Waals surface area contributed by atoms with Crippen LogP contribution in [0.2, 0.25) is 0 Å². The molecule has 1 rings (SSSR count). The van der Waals surface area contributed by atoms with Gasteiger partial charge in [-0.2, -0.15) is 0 Å². The SMILES string of the molecule is CCC1(C(=O)NCCCCN)CCCNC1. The van der Waals surface area contributed by atoms with Crippen molar-refractivity contribution in [3.63, 3.8) is 0 Å². The first-order chi connectivity index (χ1) is 7.75. The van der Waals surface area contributed by atoms with Crippen LogP contribution in [0.5, 0.6) is 0 Å². The van der Waals surface area contributed by atoms with Crippen LogP contribution in [0.4, 0.5) is 0 Å². The minimum Gasteiger partial charge on any atom is -0.356 e. The Bertz CT molecular complexity index is 212. The highest BCUT2D eigenvalue weighted by Gasteiger charge is 2.37. The molecule has 16 heavy (non-hydrogen) atoms. The van der Waals surface area contributed by atoms with E-state index in [0.717, 1.165) is 51.7 Å². The fourth-order valence-corrected chi connectivity index (χ4v) is 2.28. The van der Waals surface area contributed by atoms with E-state index in [1.165, 1.54) is 0 Å². The van der Waals surface area contributed by atoms with Crippen molar-refractivity contribution in [3.8, 4) is 0 Å². The van der Waals surface area contributed by atoms with Gasteiger partial charge in [0.15, 0.2) is 0 Å². The molecule has 0 aliphatic carbocycles. The molecule has 1 fully saturated rings. The summed E-state index contributed by atoms with van der Waals surface area (Å²) in [5.41, 5.74) is 5.25. The zero-order chi connectivity index (χ0) is 11.9. The number of nitrogens with one attached hydrogen (secondary N) is 2. The van der Waals surface area contributed by atoms with Crippen molar-refractivity contribution in [2.45, 2.75) is 39.0 Å². The third-order valence-corrected chi connectivity index (χ3v) is 3.55. The number of hydrogen-bond acceptors (Lipinski definition) is 3. The molecule has 1 aliphatic heterocycles. The first-order valence-electron chi connectivity index (χ1n) is 6.44. The van der Waals surface area contributed by atoms with Crippen molar-refractivity contribution in [1.82, 2.24) is 10.6 Å². The van der Waals surface area contributed by atoms with E-state index < -0.39 is 0 Å². The molecule has 4 nitrogen and oxygen atoms in total. The first-order valence-corrected chi connectivity index (χ1v) is 6.44. The second-order valence-electron chi connectivity index (χ2n) is 4.67. The monoisotopic (exact) mass is 227 g/mol. The molecule has 0 bridgehead atoms. The van der Waals surface area contributed by atoms with Crippen LogP contribution < -0.4 is 16.4 Å². The molecule has 0 radical (unpaired) electrons. The number of carbonyl (C=O) groups excluding carboxylic acids is 1. The topological polar surface area (TPSA) is 67.2 Å². The van der Waals surface area contributed by atoms with E-state index in [-0.39, 0.29) is 11.3 Å². The van der Waals surface area contributed by atoms with Gasteiger partial charge < -0.3 is 16.4 Å². The Kier molecular flexibility index (Phi) is 5.77. The van der Waals surface area contributed by atoms with Gasteiger partial charge in [-0.15, -0.1) is 0 Å². The second kappa shape index (κ2) is 6.86. The van der Waals surface area contributed by atoms with Gasteiger partial charge in [-0.3, -0.25) is 4.79 Å².